The summed E-state index contributed by atoms with van der Waals surface area (Å²) in [7, 11) is 0. The topological polar surface area (TPSA) is 15.6 Å². The van der Waals surface area contributed by atoms with E-state index in [0.29, 0.717) is 6.04 Å². The number of fused-ring (bicyclic) bond motifs is 1. The van der Waals surface area contributed by atoms with E-state index in [0.717, 1.165) is 15.6 Å². The molecule has 0 saturated heterocycles. The maximum atomic E-state index is 6.19. The molecule has 4 heteroatoms. The van der Waals surface area contributed by atoms with E-state index in [-0.39, 0.29) is 0 Å². The Morgan fingerprint density at radius 3 is 3.07 bits per heavy atom. The summed E-state index contributed by atoms with van der Waals surface area (Å²) >= 11 is 7.69. The SMILES string of the molecule is Clc1cccc2c1N(C1CC1)C=NS2. The number of rotatable bonds is 1. The Morgan fingerprint density at radius 2 is 2.29 bits per heavy atom. The van der Waals surface area contributed by atoms with Crippen LogP contribution in [-0.4, -0.2) is 12.4 Å². The summed E-state index contributed by atoms with van der Waals surface area (Å²) < 4.78 is 4.26. The maximum absolute atomic E-state index is 6.19. The number of hydrogen-bond acceptors (Lipinski definition) is 3. The third-order valence-electron chi connectivity index (χ3n) is 2.47. The van der Waals surface area contributed by atoms with Gasteiger partial charge in [0, 0.05) is 18.0 Å². The van der Waals surface area contributed by atoms with Gasteiger partial charge in [0.15, 0.2) is 0 Å². The summed E-state index contributed by atoms with van der Waals surface area (Å²) in [5, 5.41) is 0.827. The van der Waals surface area contributed by atoms with Crippen molar-refractivity contribution < 1.29 is 0 Å². The lowest BCUT2D eigenvalue weighted by molar-refractivity contribution is 0.997. The molecule has 0 spiro atoms. The molecule has 1 aromatic carbocycles. The molecule has 1 fully saturated rings. The first-order valence-electron chi connectivity index (χ1n) is 4.63. The van der Waals surface area contributed by atoms with Gasteiger partial charge in [-0.3, -0.25) is 0 Å². The van der Waals surface area contributed by atoms with Gasteiger partial charge in [-0.05, 0) is 25.0 Å². The minimum absolute atomic E-state index is 0.623. The highest BCUT2D eigenvalue weighted by Crippen LogP contribution is 2.43. The van der Waals surface area contributed by atoms with E-state index in [2.05, 4.69) is 15.4 Å². The Kier molecular flexibility index (Phi) is 1.96. The van der Waals surface area contributed by atoms with Crippen LogP contribution in [0.3, 0.4) is 0 Å². The Morgan fingerprint density at radius 1 is 1.43 bits per heavy atom. The molecule has 0 N–H and O–H groups in total. The summed E-state index contributed by atoms with van der Waals surface area (Å²) in [5.74, 6) is 0. The highest BCUT2D eigenvalue weighted by molar-refractivity contribution is 7.98. The van der Waals surface area contributed by atoms with Crippen molar-refractivity contribution in [1.29, 1.82) is 0 Å². The first-order chi connectivity index (χ1) is 6.86. The number of benzene rings is 1. The zero-order valence-corrected chi connectivity index (χ0v) is 9.05. The van der Waals surface area contributed by atoms with Crippen molar-refractivity contribution in [2.45, 2.75) is 23.8 Å². The summed E-state index contributed by atoms with van der Waals surface area (Å²) in [6.45, 7) is 0. The molecule has 14 heavy (non-hydrogen) atoms. The molecule has 1 aromatic rings. The number of halogens is 1. The van der Waals surface area contributed by atoms with Crippen molar-refractivity contribution in [3.63, 3.8) is 0 Å². The molecule has 1 aliphatic carbocycles. The van der Waals surface area contributed by atoms with Crippen LogP contribution in [0.5, 0.6) is 0 Å². The van der Waals surface area contributed by atoms with Gasteiger partial charge in [0.2, 0.25) is 0 Å². The van der Waals surface area contributed by atoms with Gasteiger partial charge in [0.1, 0.15) is 6.34 Å². The Labute approximate surface area is 92.1 Å². The maximum Gasteiger partial charge on any atom is 0.104 e. The number of anilines is 1. The monoisotopic (exact) mass is 224 g/mol. The van der Waals surface area contributed by atoms with E-state index in [1.165, 1.54) is 24.8 Å². The van der Waals surface area contributed by atoms with Gasteiger partial charge in [-0.2, -0.15) is 0 Å². The average molecular weight is 225 g/mol. The highest BCUT2D eigenvalue weighted by atomic mass is 35.5. The average Bonchev–Trinajstić information content (AvgIpc) is 3.01. The van der Waals surface area contributed by atoms with Crippen molar-refractivity contribution >= 4 is 35.6 Å². The highest BCUT2D eigenvalue weighted by Gasteiger charge is 2.32. The molecule has 1 heterocycles. The number of hydrogen-bond donors (Lipinski definition) is 0. The standard InChI is InChI=1S/C10H9ClN2S/c11-8-2-1-3-9-10(8)13(6-12-14-9)7-4-5-7/h1-3,6-7H,4-5H2. The minimum atomic E-state index is 0.623. The number of nitrogens with zero attached hydrogens (tertiary/aromatic N) is 2. The molecule has 3 rings (SSSR count). The van der Waals surface area contributed by atoms with Gasteiger partial charge >= 0.3 is 0 Å². The molecule has 0 amide bonds. The Hall–Kier alpha value is -0.670. The lowest BCUT2D eigenvalue weighted by atomic mass is 10.3. The number of para-hydroxylation sites is 1. The molecule has 1 saturated carbocycles. The zero-order chi connectivity index (χ0) is 9.54. The third kappa shape index (κ3) is 1.31. The fourth-order valence-electron chi connectivity index (χ4n) is 1.64. The fourth-order valence-corrected chi connectivity index (χ4v) is 2.67. The van der Waals surface area contributed by atoms with Crippen LogP contribution in [0.4, 0.5) is 5.69 Å². The van der Waals surface area contributed by atoms with E-state index in [1.807, 2.05) is 18.5 Å². The lowest BCUT2D eigenvalue weighted by Crippen LogP contribution is -2.25. The molecule has 0 unspecified atom stereocenters. The molecule has 1 aliphatic heterocycles. The molecule has 2 aliphatic rings. The molecule has 0 atom stereocenters. The van der Waals surface area contributed by atoms with Crippen molar-refractivity contribution in [1.82, 2.24) is 0 Å². The van der Waals surface area contributed by atoms with Crippen molar-refractivity contribution in [2.24, 2.45) is 4.40 Å². The summed E-state index contributed by atoms with van der Waals surface area (Å²) in [6, 6.07) is 6.60. The van der Waals surface area contributed by atoms with Crippen molar-refractivity contribution in [2.75, 3.05) is 4.90 Å². The predicted octanol–water partition coefficient (Wildman–Crippen LogP) is 3.36. The second-order valence-corrected chi connectivity index (χ2v) is 4.78. The normalized spacial score (nSPS) is 19.6. The molecule has 0 radical (unpaired) electrons. The van der Waals surface area contributed by atoms with E-state index in [4.69, 9.17) is 11.6 Å². The molecule has 0 bridgehead atoms. The molecule has 0 aromatic heterocycles. The van der Waals surface area contributed by atoms with Crippen LogP contribution in [0.25, 0.3) is 0 Å². The first kappa shape index (κ1) is 8.62. The van der Waals surface area contributed by atoms with Crippen LogP contribution in [0.15, 0.2) is 27.5 Å². The van der Waals surface area contributed by atoms with Crippen molar-refractivity contribution in [3.8, 4) is 0 Å². The predicted molar refractivity (Wildman–Crippen MR) is 61.3 cm³/mol. The van der Waals surface area contributed by atoms with Crippen LogP contribution in [0.2, 0.25) is 5.02 Å². The summed E-state index contributed by atoms with van der Waals surface area (Å²) in [4.78, 5) is 3.36. The van der Waals surface area contributed by atoms with Crippen LogP contribution >= 0.6 is 23.5 Å². The molecule has 2 nitrogen and oxygen atoms in total. The van der Waals surface area contributed by atoms with E-state index in [9.17, 15) is 0 Å². The second-order valence-electron chi connectivity index (χ2n) is 3.54. The van der Waals surface area contributed by atoms with Crippen LogP contribution in [-0.2, 0) is 0 Å². The van der Waals surface area contributed by atoms with E-state index in [1.54, 1.807) is 0 Å². The van der Waals surface area contributed by atoms with Crippen molar-refractivity contribution in [3.05, 3.63) is 23.2 Å². The third-order valence-corrected chi connectivity index (χ3v) is 3.50. The van der Waals surface area contributed by atoms with Gasteiger partial charge < -0.3 is 4.90 Å². The quantitative estimate of drug-likeness (QED) is 0.680. The first-order valence-corrected chi connectivity index (χ1v) is 5.79. The van der Waals surface area contributed by atoms with E-state index >= 15 is 0 Å². The minimum Gasteiger partial charge on any atom is -0.327 e. The Balaban J connectivity index is 2.10. The smallest absolute Gasteiger partial charge is 0.104 e. The van der Waals surface area contributed by atoms with Crippen LogP contribution in [0.1, 0.15) is 12.8 Å². The summed E-state index contributed by atoms with van der Waals surface area (Å²) in [5.41, 5.74) is 1.14. The van der Waals surface area contributed by atoms with E-state index < -0.39 is 0 Å². The van der Waals surface area contributed by atoms with Gasteiger partial charge in [0.25, 0.3) is 0 Å². The Bertz CT molecular complexity index is 401. The largest absolute Gasteiger partial charge is 0.327 e. The second kappa shape index (κ2) is 3.17. The zero-order valence-electron chi connectivity index (χ0n) is 7.48. The van der Waals surface area contributed by atoms with Gasteiger partial charge in [0.05, 0.1) is 15.6 Å². The van der Waals surface area contributed by atoms with Gasteiger partial charge in [-0.1, -0.05) is 17.7 Å². The van der Waals surface area contributed by atoms with Crippen LogP contribution < -0.4 is 4.90 Å². The van der Waals surface area contributed by atoms with Gasteiger partial charge in [-0.15, -0.1) is 0 Å². The fraction of sp³-hybridized carbons (Fsp3) is 0.300. The molecular weight excluding hydrogens is 216 g/mol. The van der Waals surface area contributed by atoms with Gasteiger partial charge in [-0.25, -0.2) is 4.40 Å². The molecular formula is C10H9ClN2S. The van der Waals surface area contributed by atoms with Crippen LogP contribution in [0, 0.1) is 0 Å². The molecule has 72 valence electrons. The summed E-state index contributed by atoms with van der Waals surface area (Å²) in [6.07, 6.45) is 4.40. The lowest BCUT2D eigenvalue weighted by Gasteiger charge is -2.25.